The molecule has 3 heterocycles. The fourth-order valence-corrected chi connectivity index (χ4v) is 4.78. The molecule has 1 aliphatic heterocycles. The molecule has 1 aliphatic rings. The number of carboxylic acid groups (broad SMARTS) is 4. The maximum absolute atomic E-state index is 10.7. The van der Waals surface area contributed by atoms with Crippen molar-refractivity contribution in [2.75, 3.05) is 13.2 Å². The molecule has 4 N–H and O–H groups in total. The van der Waals surface area contributed by atoms with E-state index in [0.717, 1.165) is 27.9 Å². The number of nitrogens with zero attached hydrogens (tertiary/aromatic N) is 4. The van der Waals surface area contributed by atoms with Crippen molar-refractivity contribution in [1.82, 2.24) is 0 Å². The van der Waals surface area contributed by atoms with Gasteiger partial charge >= 0.3 is 23.9 Å². The molecule has 1 fully saturated rings. The van der Waals surface area contributed by atoms with E-state index < -0.39 is 35.9 Å². The molecule has 1 saturated heterocycles. The summed E-state index contributed by atoms with van der Waals surface area (Å²) in [6, 6.07) is 0. The quantitative estimate of drug-likeness (QED) is 0.147. The third-order valence-corrected chi connectivity index (χ3v) is 6.89. The lowest BCUT2D eigenvalue weighted by atomic mass is 10.2. The van der Waals surface area contributed by atoms with E-state index in [4.69, 9.17) is 56.2 Å². The van der Waals surface area contributed by atoms with Gasteiger partial charge in [-0.3, -0.25) is 9.59 Å². The van der Waals surface area contributed by atoms with E-state index in [9.17, 15) is 19.2 Å². The molecular formula is C24H18N4O10S2. The van der Waals surface area contributed by atoms with E-state index >= 15 is 0 Å². The molecular weight excluding hydrogens is 568 g/mol. The van der Waals surface area contributed by atoms with Gasteiger partial charge in [-0.05, 0) is 31.1 Å². The smallest absolute Gasteiger partial charge is 0.343 e. The van der Waals surface area contributed by atoms with Crippen molar-refractivity contribution in [2.45, 2.75) is 26.6 Å². The molecule has 0 aromatic carbocycles. The predicted molar refractivity (Wildman–Crippen MR) is 141 cm³/mol. The molecule has 0 aliphatic carbocycles. The summed E-state index contributed by atoms with van der Waals surface area (Å²) in [5, 5.41) is 33.4. The van der Waals surface area contributed by atoms with Crippen molar-refractivity contribution in [1.29, 1.82) is 0 Å². The Morgan fingerprint density at radius 2 is 1.25 bits per heavy atom. The lowest BCUT2D eigenvalue weighted by Gasteiger charge is -2.07. The first-order valence-corrected chi connectivity index (χ1v) is 12.1. The van der Waals surface area contributed by atoms with Crippen LogP contribution in [-0.4, -0.2) is 57.5 Å². The molecule has 2 aromatic rings. The summed E-state index contributed by atoms with van der Waals surface area (Å²) in [5.74, 6) is -5.76. The summed E-state index contributed by atoms with van der Waals surface area (Å²) in [7, 11) is 0. The second-order valence-corrected chi connectivity index (χ2v) is 9.20. The van der Waals surface area contributed by atoms with Gasteiger partial charge in [0.25, 0.3) is 0 Å². The number of carboxylic acids is 4. The van der Waals surface area contributed by atoms with Crippen LogP contribution in [-0.2, 0) is 28.7 Å². The number of aliphatic carboxylic acids is 4. The molecule has 0 bridgehead atoms. The zero-order valence-electron chi connectivity index (χ0n) is 20.6. The van der Waals surface area contributed by atoms with E-state index in [-0.39, 0.29) is 17.0 Å². The Labute approximate surface area is 234 Å². The second kappa shape index (κ2) is 15.3. The topological polar surface area (TPSA) is 185 Å². The van der Waals surface area contributed by atoms with E-state index in [1.165, 1.54) is 11.3 Å². The number of rotatable bonds is 6. The van der Waals surface area contributed by atoms with E-state index in [1.54, 1.807) is 6.92 Å². The molecule has 0 radical (unpaired) electrons. The Morgan fingerprint density at radius 3 is 1.57 bits per heavy atom. The van der Waals surface area contributed by atoms with Crippen molar-refractivity contribution < 1.29 is 49.1 Å². The number of hydrogen-bond donors (Lipinski definition) is 4. The normalized spacial score (nSPS) is 11.6. The second-order valence-electron chi connectivity index (χ2n) is 7.14. The van der Waals surface area contributed by atoms with Gasteiger partial charge in [-0.1, -0.05) is 0 Å². The summed E-state index contributed by atoms with van der Waals surface area (Å²) in [4.78, 5) is 54.5. The van der Waals surface area contributed by atoms with Gasteiger partial charge < -0.3 is 29.9 Å². The summed E-state index contributed by atoms with van der Waals surface area (Å²) in [6.45, 7) is 32.3. The summed E-state index contributed by atoms with van der Waals surface area (Å²) >= 11 is 2.19. The number of hydrogen-bond acceptors (Lipinski definition) is 8. The molecule has 206 valence electrons. The van der Waals surface area contributed by atoms with Crippen LogP contribution in [0.2, 0.25) is 0 Å². The Bertz CT molecular complexity index is 1490. The lowest BCUT2D eigenvalue weighted by molar-refractivity contribution is -0.147. The minimum atomic E-state index is -1.57. The molecule has 0 unspecified atom stereocenters. The molecule has 0 atom stereocenters. The van der Waals surface area contributed by atoms with Gasteiger partial charge in [-0.2, -0.15) is 22.7 Å². The summed E-state index contributed by atoms with van der Waals surface area (Å²) in [6.07, 6.45) is -0.223. The van der Waals surface area contributed by atoms with Gasteiger partial charge in [0.05, 0.1) is 39.5 Å². The fourth-order valence-electron chi connectivity index (χ4n) is 2.77. The third kappa shape index (κ3) is 8.74. The monoisotopic (exact) mass is 586 g/mol. The summed E-state index contributed by atoms with van der Waals surface area (Å²) < 4.78 is 10.7. The predicted octanol–water partition coefficient (Wildman–Crippen LogP) is 5.46. The number of ether oxygens (including phenoxy) is 2. The van der Waals surface area contributed by atoms with Crippen LogP contribution in [0.25, 0.3) is 25.5 Å². The SMILES string of the molecule is O=C(O)CC(=O)O.[C-]#[N+]c1sc(C2OCCO2)c(C)c1[N+]#[C-].[C-]#[N+]c1sc(C=C(C(=O)O)C(=O)O)c(C)c1[N+]#[C-]. The molecule has 0 amide bonds. The Morgan fingerprint density at radius 1 is 0.800 bits per heavy atom. The van der Waals surface area contributed by atoms with Crippen LogP contribution in [0.5, 0.6) is 0 Å². The van der Waals surface area contributed by atoms with Crippen molar-refractivity contribution in [3.8, 4) is 0 Å². The molecule has 40 heavy (non-hydrogen) atoms. The Balaban J connectivity index is 0.000000328. The maximum atomic E-state index is 10.7. The average Bonchev–Trinajstić information content (AvgIpc) is 3.59. The number of thiophene rings is 2. The molecule has 3 rings (SSSR count). The zero-order valence-corrected chi connectivity index (χ0v) is 22.3. The molecule has 14 nitrogen and oxygen atoms in total. The fraction of sp³-hybridized carbons (Fsp3) is 0.250. The largest absolute Gasteiger partial charge is 0.481 e. The van der Waals surface area contributed by atoms with Crippen molar-refractivity contribution in [3.63, 3.8) is 0 Å². The zero-order chi connectivity index (χ0) is 30.6. The molecule has 0 spiro atoms. The molecule has 0 saturated carbocycles. The van der Waals surface area contributed by atoms with Crippen molar-refractivity contribution in [3.05, 3.63) is 72.1 Å². The van der Waals surface area contributed by atoms with Gasteiger partial charge in [0, 0.05) is 9.75 Å². The first-order chi connectivity index (χ1) is 18.8. The van der Waals surface area contributed by atoms with Crippen LogP contribution in [0.15, 0.2) is 5.57 Å². The van der Waals surface area contributed by atoms with Crippen LogP contribution in [0.3, 0.4) is 0 Å². The first kappa shape index (κ1) is 32.9. The van der Waals surface area contributed by atoms with Gasteiger partial charge in [0.2, 0.25) is 21.4 Å². The van der Waals surface area contributed by atoms with Crippen LogP contribution in [0.1, 0.15) is 33.6 Å². The van der Waals surface area contributed by atoms with E-state index in [2.05, 4.69) is 19.4 Å². The minimum absolute atomic E-state index is 0.129. The van der Waals surface area contributed by atoms with Crippen molar-refractivity contribution >= 4 is 74.0 Å². The van der Waals surface area contributed by atoms with Crippen molar-refractivity contribution in [2.24, 2.45) is 0 Å². The highest BCUT2D eigenvalue weighted by molar-refractivity contribution is 7.18. The summed E-state index contributed by atoms with van der Waals surface area (Å²) in [5.41, 5.74) is 1.00. The van der Waals surface area contributed by atoms with Crippen LogP contribution >= 0.6 is 22.7 Å². The minimum Gasteiger partial charge on any atom is -0.481 e. The Kier molecular flexibility index (Phi) is 12.6. The third-order valence-electron chi connectivity index (χ3n) is 4.57. The van der Waals surface area contributed by atoms with Gasteiger partial charge in [0.1, 0.15) is 12.0 Å². The van der Waals surface area contributed by atoms with Crippen LogP contribution in [0, 0.1) is 40.1 Å². The maximum Gasteiger partial charge on any atom is 0.343 e. The average molecular weight is 587 g/mol. The van der Waals surface area contributed by atoms with Gasteiger partial charge in [0.15, 0.2) is 6.29 Å². The molecule has 16 heteroatoms. The molecule has 2 aromatic heterocycles. The highest BCUT2D eigenvalue weighted by Gasteiger charge is 2.25. The highest BCUT2D eigenvalue weighted by Crippen LogP contribution is 2.46. The highest BCUT2D eigenvalue weighted by atomic mass is 32.1. The van der Waals surface area contributed by atoms with Gasteiger partial charge in [-0.25, -0.2) is 29.0 Å². The van der Waals surface area contributed by atoms with Gasteiger partial charge in [-0.15, -0.1) is 0 Å². The lowest BCUT2D eigenvalue weighted by Crippen LogP contribution is -2.10. The van der Waals surface area contributed by atoms with E-state index in [0.29, 0.717) is 34.3 Å². The first-order valence-electron chi connectivity index (χ1n) is 10.4. The standard InChI is InChI=1S/C11H6N2O4S.C10H8N2O2S.C3H4O4/c1-5-7(4-6(10(14)15)11(16)17)18-9(13-3)8(5)12-2;1-6-7(11-2)9(12-3)15-8(6)10-13-4-5-14-10;4-2(5)1-3(6)7/h4H,1H3,(H,14,15)(H,16,17);10H,4-5H2,1H3;1H2,(H,4,5)(H,6,7). The number of carbonyl (C=O) groups is 4. The van der Waals surface area contributed by atoms with E-state index in [1.807, 2.05) is 6.92 Å². The van der Waals surface area contributed by atoms with Crippen LogP contribution in [0.4, 0.5) is 21.4 Å². The Hall–Kier alpha value is -5.10. The van der Waals surface area contributed by atoms with Crippen LogP contribution < -0.4 is 0 Å².